The number of halogens is 1. The fourth-order valence-electron chi connectivity index (χ4n) is 3.87. The summed E-state index contributed by atoms with van der Waals surface area (Å²) in [4.78, 5) is 0. The van der Waals surface area contributed by atoms with Crippen LogP contribution in [0.1, 0.15) is 110 Å². The van der Waals surface area contributed by atoms with E-state index in [1.165, 1.54) is 89.0 Å². The van der Waals surface area contributed by atoms with E-state index in [9.17, 15) is 0 Å². The van der Waals surface area contributed by atoms with Crippen molar-refractivity contribution in [3.8, 4) is 0 Å². The van der Waals surface area contributed by atoms with E-state index in [1.807, 2.05) is 0 Å². The lowest BCUT2D eigenvalue weighted by Gasteiger charge is -2.31. The second-order valence-corrected chi connectivity index (χ2v) is 8.89. The largest absolute Gasteiger partial charge is 0.325 e. The van der Waals surface area contributed by atoms with Crippen LogP contribution in [0.2, 0.25) is 0 Å². The van der Waals surface area contributed by atoms with Gasteiger partial charge in [-0.25, -0.2) is 0 Å². The summed E-state index contributed by atoms with van der Waals surface area (Å²) in [5.74, 6) is 0.577. The zero-order chi connectivity index (χ0) is 19.1. The molecule has 0 amide bonds. The molecule has 1 rings (SSSR count). The topological polar surface area (TPSA) is 26.0 Å². The Morgan fingerprint density at radius 2 is 1.19 bits per heavy atom. The monoisotopic (exact) mass is 395 g/mol. The van der Waals surface area contributed by atoms with Gasteiger partial charge in [-0.2, -0.15) is 0 Å². The standard InChI is InChI=1S/C25H45N.ClH/c1-4-5-6-7-8-9-10-11-12-13-14-18-21-24(25(2,3)26)22-23-19-16-15-17-20-23;/h15-17,19-20,24H,4-14,18,21-22,26H2,1-3H3;1H. The van der Waals surface area contributed by atoms with Gasteiger partial charge in [-0.15, -0.1) is 12.4 Å². The third-order valence-corrected chi connectivity index (χ3v) is 5.78. The van der Waals surface area contributed by atoms with E-state index in [-0.39, 0.29) is 17.9 Å². The average molecular weight is 396 g/mol. The van der Waals surface area contributed by atoms with Gasteiger partial charge in [-0.1, -0.05) is 114 Å². The van der Waals surface area contributed by atoms with Crippen LogP contribution in [-0.4, -0.2) is 5.54 Å². The minimum atomic E-state index is -0.0897. The van der Waals surface area contributed by atoms with Crippen molar-refractivity contribution in [2.24, 2.45) is 11.7 Å². The van der Waals surface area contributed by atoms with Gasteiger partial charge in [0.1, 0.15) is 0 Å². The van der Waals surface area contributed by atoms with E-state index >= 15 is 0 Å². The highest BCUT2D eigenvalue weighted by Crippen LogP contribution is 2.25. The Hall–Kier alpha value is -0.530. The molecule has 1 aromatic rings. The Morgan fingerprint density at radius 3 is 1.63 bits per heavy atom. The lowest BCUT2D eigenvalue weighted by molar-refractivity contribution is 0.290. The summed E-state index contributed by atoms with van der Waals surface area (Å²) in [5.41, 5.74) is 7.80. The average Bonchev–Trinajstić information content (AvgIpc) is 2.61. The van der Waals surface area contributed by atoms with Crippen LogP contribution in [-0.2, 0) is 6.42 Å². The molecule has 1 nitrogen and oxygen atoms in total. The fraction of sp³-hybridized carbons (Fsp3) is 0.760. The third kappa shape index (κ3) is 14.2. The number of nitrogens with two attached hydrogens (primary N) is 1. The van der Waals surface area contributed by atoms with Crippen LogP contribution in [0.5, 0.6) is 0 Å². The number of rotatable bonds is 16. The van der Waals surface area contributed by atoms with Crippen molar-refractivity contribution in [2.45, 2.75) is 116 Å². The zero-order valence-electron chi connectivity index (χ0n) is 18.3. The molecule has 1 atom stereocenters. The first-order chi connectivity index (χ1) is 12.5. The van der Waals surface area contributed by atoms with E-state index in [0.717, 1.165) is 6.42 Å². The van der Waals surface area contributed by atoms with Gasteiger partial charge >= 0.3 is 0 Å². The van der Waals surface area contributed by atoms with E-state index in [0.29, 0.717) is 5.92 Å². The maximum absolute atomic E-state index is 6.47. The summed E-state index contributed by atoms with van der Waals surface area (Å²) < 4.78 is 0. The van der Waals surface area contributed by atoms with Gasteiger partial charge in [-0.05, 0) is 38.2 Å². The summed E-state index contributed by atoms with van der Waals surface area (Å²) in [7, 11) is 0. The lowest BCUT2D eigenvalue weighted by atomic mass is 9.80. The maximum atomic E-state index is 6.47. The van der Waals surface area contributed by atoms with Crippen molar-refractivity contribution >= 4 is 12.4 Å². The van der Waals surface area contributed by atoms with Crippen LogP contribution in [0, 0.1) is 5.92 Å². The molecule has 2 heteroatoms. The maximum Gasteiger partial charge on any atom is 0.0129 e. The van der Waals surface area contributed by atoms with Gasteiger partial charge in [0.05, 0.1) is 0 Å². The second-order valence-electron chi connectivity index (χ2n) is 8.89. The van der Waals surface area contributed by atoms with Crippen molar-refractivity contribution in [3.05, 3.63) is 35.9 Å². The molecule has 0 aromatic heterocycles. The molecule has 0 radical (unpaired) electrons. The van der Waals surface area contributed by atoms with Crippen LogP contribution in [0.25, 0.3) is 0 Å². The Labute approximate surface area is 176 Å². The first kappa shape index (κ1) is 26.5. The highest BCUT2D eigenvalue weighted by atomic mass is 35.5. The molecular formula is C25H46ClN. The quantitative estimate of drug-likeness (QED) is 0.281. The first-order valence-corrected chi connectivity index (χ1v) is 11.4. The molecule has 0 spiro atoms. The molecule has 158 valence electrons. The molecule has 2 N–H and O–H groups in total. The second kappa shape index (κ2) is 16.4. The summed E-state index contributed by atoms with van der Waals surface area (Å²) in [6, 6.07) is 10.8. The van der Waals surface area contributed by atoms with Crippen molar-refractivity contribution in [1.82, 2.24) is 0 Å². The highest BCUT2D eigenvalue weighted by Gasteiger charge is 2.24. The molecule has 0 fully saturated rings. The van der Waals surface area contributed by atoms with Crippen LogP contribution >= 0.6 is 12.4 Å². The molecule has 0 aliphatic heterocycles. The predicted molar refractivity (Wildman–Crippen MR) is 125 cm³/mol. The lowest BCUT2D eigenvalue weighted by Crippen LogP contribution is -2.42. The Balaban J connectivity index is 0.00000676. The predicted octanol–water partition coefficient (Wildman–Crippen LogP) is 8.10. The van der Waals surface area contributed by atoms with Gasteiger partial charge in [0, 0.05) is 5.54 Å². The minimum absolute atomic E-state index is 0. The molecule has 27 heavy (non-hydrogen) atoms. The van der Waals surface area contributed by atoms with Gasteiger partial charge in [0.2, 0.25) is 0 Å². The van der Waals surface area contributed by atoms with Crippen LogP contribution in [0.4, 0.5) is 0 Å². The van der Waals surface area contributed by atoms with Crippen molar-refractivity contribution < 1.29 is 0 Å². The first-order valence-electron chi connectivity index (χ1n) is 11.4. The van der Waals surface area contributed by atoms with Crippen LogP contribution < -0.4 is 5.73 Å². The Morgan fingerprint density at radius 1 is 0.741 bits per heavy atom. The van der Waals surface area contributed by atoms with Gasteiger partial charge < -0.3 is 5.73 Å². The molecular weight excluding hydrogens is 350 g/mol. The third-order valence-electron chi connectivity index (χ3n) is 5.78. The molecule has 0 bridgehead atoms. The van der Waals surface area contributed by atoms with Crippen LogP contribution in [0.3, 0.4) is 0 Å². The molecule has 1 aromatic carbocycles. The molecule has 0 heterocycles. The number of hydrogen-bond acceptors (Lipinski definition) is 1. The van der Waals surface area contributed by atoms with E-state index < -0.39 is 0 Å². The van der Waals surface area contributed by atoms with E-state index in [1.54, 1.807) is 0 Å². The smallest absolute Gasteiger partial charge is 0.0129 e. The van der Waals surface area contributed by atoms with E-state index in [4.69, 9.17) is 5.73 Å². The number of unbranched alkanes of at least 4 members (excludes halogenated alkanes) is 11. The number of benzene rings is 1. The molecule has 0 saturated heterocycles. The Bertz CT molecular complexity index is 424. The Kier molecular flexibility index (Phi) is 16.1. The number of hydrogen-bond donors (Lipinski definition) is 1. The minimum Gasteiger partial charge on any atom is -0.325 e. The summed E-state index contributed by atoms with van der Waals surface area (Å²) in [6.45, 7) is 6.68. The van der Waals surface area contributed by atoms with Crippen molar-refractivity contribution in [1.29, 1.82) is 0 Å². The molecule has 0 aliphatic carbocycles. The van der Waals surface area contributed by atoms with E-state index in [2.05, 4.69) is 51.1 Å². The molecule has 1 unspecified atom stereocenters. The van der Waals surface area contributed by atoms with Crippen LogP contribution in [0.15, 0.2) is 30.3 Å². The van der Waals surface area contributed by atoms with Gasteiger partial charge in [-0.3, -0.25) is 0 Å². The molecule has 0 aliphatic rings. The van der Waals surface area contributed by atoms with Crippen molar-refractivity contribution in [2.75, 3.05) is 0 Å². The fourth-order valence-corrected chi connectivity index (χ4v) is 3.87. The normalized spacial score (nSPS) is 12.6. The SMILES string of the molecule is CCCCCCCCCCCCCCC(Cc1ccccc1)C(C)(C)N.Cl. The highest BCUT2D eigenvalue weighted by molar-refractivity contribution is 5.85. The molecule has 0 saturated carbocycles. The van der Waals surface area contributed by atoms with Crippen molar-refractivity contribution in [3.63, 3.8) is 0 Å². The van der Waals surface area contributed by atoms with Gasteiger partial charge in [0.25, 0.3) is 0 Å². The summed E-state index contributed by atoms with van der Waals surface area (Å²) >= 11 is 0. The zero-order valence-corrected chi connectivity index (χ0v) is 19.2. The van der Waals surface area contributed by atoms with Gasteiger partial charge in [0.15, 0.2) is 0 Å². The summed E-state index contributed by atoms with van der Waals surface area (Å²) in [6.07, 6.45) is 19.3. The summed E-state index contributed by atoms with van der Waals surface area (Å²) in [5, 5.41) is 0.